The Morgan fingerprint density at radius 3 is 2.47 bits per heavy atom. The van der Waals surface area contributed by atoms with Gasteiger partial charge in [-0.3, -0.25) is 4.79 Å². The highest BCUT2D eigenvalue weighted by Gasteiger charge is 2.24. The first kappa shape index (κ1) is 21.7. The van der Waals surface area contributed by atoms with Crippen LogP contribution in [0.15, 0.2) is 41.2 Å². The van der Waals surface area contributed by atoms with Crippen molar-refractivity contribution in [1.29, 1.82) is 0 Å². The Balaban J connectivity index is 1.46. The molecule has 7 heteroatoms. The summed E-state index contributed by atoms with van der Waals surface area (Å²) in [4.78, 5) is 26.3. The number of pyridine rings is 1. The minimum absolute atomic E-state index is 0.000101. The van der Waals surface area contributed by atoms with Gasteiger partial charge in [0.15, 0.2) is 0 Å². The average molecular weight is 414 g/mol. The van der Waals surface area contributed by atoms with Gasteiger partial charge in [0.05, 0.1) is 6.61 Å². The first-order valence-electron chi connectivity index (χ1n) is 10.6. The lowest BCUT2D eigenvalue weighted by molar-refractivity contribution is 0.115. The number of anilines is 1. The van der Waals surface area contributed by atoms with Crippen LogP contribution in [0.2, 0.25) is 0 Å². The summed E-state index contributed by atoms with van der Waals surface area (Å²) in [5, 5.41) is 2.94. The molecule has 0 saturated carbocycles. The molecule has 1 fully saturated rings. The van der Waals surface area contributed by atoms with E-state index >= 15 is 0 Å². The number of carbonyl (C=O) groups is 1. The molecule has 30 heavy (non-hydrogen) atoms. The van der Waals surface area contributed by atoms with Crippen molar-refractivity contribution in [2.24, 2.45) is 7.05 Å². The fourth-order valence-electron chi connectivity index (χ4n) is 3.35. The smallest absolute Gasteiger partial charge is 0.321 e. The zero-order valence-electron chi connectivity index (χ0n) is 18.0. The van der Waals surface area contributed by atoms with Crippen molar-refractivity contribution in [2.75, 3.05) is 25.0 Å². The van der Waals surface area contributed by atoms with Crippen LogP contribution in [0.3, 0.4) is 0 Å². The summed E-state index contributed by atoms with van der Waals surface area (Å²) < 4.78 is 13.2. The second-order valence-corrected chi connectivity index (χ2v) is 7.69. The number of rotatable bonds is 7. The van der Waals surface area contributed by atoms with Gasteiger partial charge in [-0.15, -0.1) is 0 Å². The Morgan fingerprint density at radius 1 is 1.13 bits per heavy atom. The first-order chi connectivity index (χ1) is 14.5. The summed E-state index contributed by atoms with van der Waals surface area (Å²) in [7, 11) is 1.74. The maximum absolute atomic E-state index is 12.6. The molecule has 162 valence electrons. The molecule has 0 aliphatic carbocycles. The van der Waals surface area contributed by atoms with Crippen LogP contribution in [0.4, 0.5) is 10.5 Å². The summed E-state index contributed by atoms with van der Waals surface area (Å²) in [6.07, 6.45) is 3.58. The van der Waals surface area contributed by atoms with Gasteiger partial charge in [-0.25, -0.2) is 4.79 Å². The lowest BCUT2D eigenvalue weighted by atomic mass is 10.1. The lowest BCUT2D eigenvalue weighted by Crippen LogP contribution is -2.43. The largest absolute Gasteiger partial charge is 0.494 e. The highest BCUT2D eigenvalue weighted by atomic mass is 16.5. The third kappa shape index (κ3) is 5.78. The fraction of sp³-hybridized carbons (Fsp3) is 0.478. The number of hydrogen-bond donors (Lipinski definition) is 1. The number of ether oxygens (including phenoxy) is 2. The van der Waals surface area contributed by atoms with E-state index in [-0.39, 0.29) is 17.7 Å². The van der Waals surface area contributed by atoms with Crippen LogP contribution in [0.1, 0.15) is 38.3 Å². The number of hydrogen-bond acceptors (Lipinski definition) is 4. The number of unbranched alkanes of at least 4 members (excludes halogenated alkanes) is 1. The fourth-order valence-corrected chi connectivity index (χ4v) is 3.35. The molecule has 3 rings (SSSR count). The Labute approximate surface area is 177 Å². The van der Waals surface area contributed by atoms with Gasteiger partial charge in [0, 0.05) is 50.4 Å². The van der Waals surface area contributed by atoms with Gasteiger partial charge in [-0.05, 0) is 43.7 Å². The van der Waals surface area contributed by atoms with E-state index in [4.69, 9.17) is 9.47 Å². The number of nitrogens with zero attached hydrogens (tertiary/aromatic N) is 2. The molecule has 0 unspecified atom stereocenters. The van der Waals surface area contributed by atoms with Crippen LogP contribution in [-0.2, 0) is 7.05 Å². The summed E-state index contributed by atoms with van der Waals surface area (Å²) in [5.41, 5.74) is 1.52. The molecule has 2 amide bonds. The monoisotopic (exact) mass is 413 g/mol. The molecule has 2 heterocycles. The highest BCUT2D eigenvalue weighted by Crippen LogP contribution is 2.20. The molecular formula is C23H31N3O4. The van der Waals surface area contributed by atoms with Crippen LogP contribution in [0.25, 0.3) is 0 Å². The molecule has 1 aromatic heterocycles. The minimum Gasteiger partial charge on any atom is -0.494 e. The number of nitrogens with one attached hydrogen (secondary N) is 1. The number of amides is 2. The molecule has 0 radical (unpaired) electrons. The number of urea groups is 1. The predicted molar refractivity (Wildman–Crippen MR) is 118 cm³/mol. The van der Waals surface area contributed by atoms with Gasteiger partial charge >= 0.3 is 6.03 Å². The van der Waals surface area contributed by atoms with Crippen molar-refractivity contribution >= 4 is 11.7 Å². The summed E-state index contributed by atoms with van der Waals surface area (Å²) in [5.74, 6) is 1.41. The second-order valence-electron chi connectivity index (χ2n) is 7.69. The van der Waals surface area contributed by atoms with Crippen molar-refractivity contribution in [2.45, 2.75) is 45.6 Å². The van der Waals surface area contributed by atoms with E-state index in [2.05, 4.69) is 12.2 Å². The van der Waals surface area contributed by atoms with Crippen LogP contribution in [0.5, 0.6) is 11.5 Å². The molecule has 0 spiro atoms. The van der Waals surface area contributed by atoms with E-state index in [0.717, 1.165) is 42.8 Å². The summed E-state index contributed by atoms with van der Waals surface area (Å²) >= 11 is 0. The first-order valence-corrected chi connectivity index (χ1v) is 10.6. The quantitative estimate of drug-likeness (QED) is 0.698. The van der Waals surface area contributed by atoms with Crippen molar-refractivity contribution in [3.05, 3.63) is 52.4 Å². The minimum atomic E-state index is -0.113. The number of piperidine rings is 1. The van der Waals surface area contributed by atoms with Crippen molar-refractivity contribution in [1.82, 2.24) is 9.47 Å². The van der Waals surface area contributed by atoms with Crippen LogP contribution >= 0.6 is 0 Å². The van der Waals surface area contributed by atoms with E-state index < -0.39 is 0 Å². The third-order valence-corrected chi connectivity index (χ3v) is 5.38. The maximum Gasteiger partial charge on any atom is 0.321 e. The van der Waals surface area contributed by atoms with Crippen molar-refractivity contribution in [3.63, 3.8) is 0 Å². The standard InChI is InChI=1S/C23H31N3O4/c1-4-5-14-29-19-8-6-18(7-9-19)24-23(28)26-12-10-20(11-13-26)30-21-15-17(2)25(3)22(27)16-21/h6-9,15-16,20H,4-5,10-14H2,1-3H3,(H,24,28). The van der Waals surface area contributed by atoms with Crippen LogP contribution in [-0.4, -0.2) is 41.3 Å². The molecule has 1 N–H and O–H groups in total. The SMILES string of the molecule is CCCCOc1ccc(NC(=O)N2CCC(Oc3cc(C)n(C)c(=O)c3)CC2)cc1. The molecule has 0 bridgehead atoms. The van der Waals surface area contributed by atoms with Crippen LogP contribution in [0, 0.1) is 6.92 Å². The maximum atomic E-state index is 12.6. The van der Waals surface area contributed by atoms with Crippen molar-refractivity contribution in [3.8, 4) is 11.5 Å². The third-order valence-electron chi connectivity index (χ3n) is 5.38. The number of aryl methyl sites for hydroxylation is 1. The normalized spacial score (nSPS) is 14.4. The topological polar surface area (TPSA) is 72.8 Å². The summed E-state index contributed by atoms with van der Waals surface area (Å²) in [6.45, 7) is 5.93. The molecule has 1 aliphatic rings. The lowest BCUT2D eigenvalue weighted by Gasteiger charge is -2.32. The number of likely N-dealkylation sites (tertiary alicyclic amines) is 1. The molecular weight excluding hydrogens is 382 g/mol. The van der Waals surface area contributed by atoms with E-state index in [0.29, 0.717) is 25.4 Å². The number of benzene rings is 1. The van der Waals surface area contributed by atoms with Crippen molar-refractivity contribution < 1.29 is 14.3 Å². The van der Waals surface area contributed by atoms with Gasteiger partial charge in [-0.2, -0.15) is 0 Å². The number of aromatic nitrogens is 1. The summed E-state index contributed by atoms with van der Waals surface area (Å²) in [6, 6.07) is 10.7. The average Bonchev–Trinajstić information content (AvgIpc) is 2.74. The zero-order chi connectivity index (χ0) is 21.5. The van der Waals surface area contributed by atoms with Gasteiger partial charge < -0.3 is 24.3 Å². The van der Waals surface area contributed by atoms with Gasteiger partial charge in [-0.1, -0.05) is 13.3 Å². The van der Waals surface area contributed by atoms with E-state index in [1.807, 2.05) is 37.3 Å². The predicted octanol–water partition coefficient (Wildman–Crippen LogP) is 3.95. The molecule has 0 atom stereocenters. The van der Waals surface area contributed by atoms with Gasteiger partial charge in [0.1, 0.15) is 17.6 Å². The number of carbonyl (C=O) groups excluding carboxylic acids is 1. The molecule has 1 aliphatic heterocycles. The van der Waals surface area contributed by atoms with E-state index in [1.54, 1.807) is 16.5 Å². The Bertz CT molecular complexity index is 900. The molecule has 1 saturated heterocycles. The van der Waals surface area contributed by atoms with Gasteiger partial charge in [0.2, 0.25) is 0 Å². The van der Waals surface area contributed by atoms with E-state index in [1.165, 1.54) is 6.07 Å². The van der Waals surface area contributed by atoms with E-state index in [9.17, 15) is 9.59 Å². The molecule has 2 aromatic rings. The Kier molecular flexibility index (Phi) is 7.38. The Morgan fingerprint density at radius 2 is 1.83 bits per heavy atom. The Hall–Kier alpha value is -2.96. The second kappa shape index (κ2) is 10.2. The molecule has 7 nitrogen and oxygen atoms in total. The highest BCUT2D eigenvalue weighted by molar-refractivity contribution is 5.89. The van der Waals surface area contributed by atoms with Gasteiger partial charge in [0.25, 0.3) is 5.56 Å². The zero-order valence-corrected chi connectivity index (χ0v) is 18.0. The molecule has 1 aromatic carbocycles. The van der Waals surface area contributed by atoms with Crippen LogP contribution < -0.4 is 20.3 Å².